The summed E-state index contributed by atoms with van der Waals surface area (Å²) < 4.78 is 2.32. The first-order valence-corrected chi connectivity index (χ1v) is 9.50. The van der Waals surface area contributed by atoms with Crippen molar-refractivity contribution < 1.29 is 0 Å². The van der Waals surface area contributed by atoms with E-state index in [1.807, 2.05) is 0 Å². The Morgan fingerprint density at radius 3 is 2.71 bits per heavy atom. The van der Waals surface area contributed by atoms with E-state index in [1.165, 1.54) is 20.6 Å². The van der Waals surface area contributed by atoms with Crippen molar-refractivity contribution in [3.8, 4) is 0 Å². The van der Waals surface area contributed by atoms with Crippen LogP contribution in [-0.4, -0.2) is 13.6 Å². The fourth-order valence-corrected chi connectivity index (χ4v) is 3.86. The monoisotopic (exact) mass is 430 g/mol. The highest BCUT2D eigenvalue weighted by atomic mass is 79.9. The largest absolute Gasteiger partial charge is 0.370 e. The molecule has 0 amide bonds. The van der Waals surface area contributed by atoms with E-state index >= 15 is 0 Å². The van der Waals surface area contributed by atoms with Crippen molar-refractivity contribution in [2.24, 2.45) is 0 Å². The molecule has 1 heterocycles. The topological polar surface area (TPSA) is 15.3 Å². The van der Waals surface area contributed by atoms with E-state index in [2.05, 4.69) is 85.7 Å². The standard InChI is InChI=1S/C16H20Br2N2S/c1-3-6-19-9-13-8-14(17)4-5-15(13)20(2)10-12-7-16(18)21-11-12/h4-5,7-8,11,19H,3,6,9-10H2,1-2H3. The number of nitrogens with one attached hydrogen (secondary N) is 1. The highest BCUT2D eigenvalue weighted by Crippen LogP contribution is 2.27. The highest BCUT2D eigenvalue weighted by molar-refractivity contribution is 9.11. The number of hydrogen-bond acceptors (Lipinski definition) is 3. The molecule has 114 valence electrons. The molecule has 1 aromatic carbocycles. The van der Waals surface area contributed by atoms with Gasteiger partial charge in [-0.15, -0.1) is 11.3 Å². The zero-order valence-corrected chi connectivity index (χ0v) is 16.3. The minimum absolute atomic E-state index is 0.903. The molecule has 0 atom stereocenters. The molecule has 2 nitrogen and oxygen atoms in total. The second-order valence-electron chi connectivity index (χ2n) is 5.06. The van der Waals surface area contributed by atoms with Crippen LogP contribution in [-0.2, 0) is 13.1 Å². The smallest absolute Gasteiger partial charge is 0.0701 e. The van der Waals surface area contributed by atoms with Gasteiger partial charge in [-0.25, -0.2) is 0 Å². The lowest BCUT2D eigenvalue weighted by Crippen LogP contribution is -2.21. The average molecular weight is 432 g/mol. The molecule has 0 saturated carbocycles. The van der Waals surface area contributed by atoms with Gasteiger partial charge in [-0.2, -0.15) is 0 Å². The van der Waals surface area contributed by atoms with Crippen molar-refractivity contribution in [3.63, 3.8) is 0 Å². The Labute approximate surface area is 147 Å². The summed E-state index contributed by atoms with van der Waals surface area (Å²) in [4.78, 5) is 2.31. The van der Waals surface area contributed by atoms with Gasteiger partial charge < -0.3 is 10.2 Å². The van der Waals surface area contributed by atoms with E-state index in [0.717, 1.165) is 30.5 Å². The third kappa shape index (κ3) is 5.09. The molecule has 0 aliphatic heterocycles. The molecule has 1 aromatic heterocycles. The molecule has 0 aliphatic rings. The molecular formula is C16H20Br2N2S. The summed E-state index contributed by atoms with van der Waals surface area (Å²) in [6.07, 6.45) is 1.15. The van der Waals surface area contributed by atoms with Crippen LogP contribution in [0.1, 0.15) is 24.5 Å². The van der Waals surface area contributed by atoms with Gasteiger partial charge in [-0.3, -0.25) is 0 Å². The van der Waals surface area contributed by atoms with Crippen LogP contribution in [0, 0.1) is 0 Å². The first-order valence-electron chi connectivity index (χ1n) is 7.03. The SMILES string of the molecule is CCCNCc1cc(Br)ccc1N(C)Cc1csc(Br)c1. The minimum Gasteiger partial charge on any atom is -0.370 e. The summed E-state index contributed by atoms with van der Waals surface area (Å²) in [5, 5.41) is 5.69. The quantitative estimate of drug-likeness (QED) is 0.589. The van der Waals surface area contributed by atoms with Gasteiger partial charge in [-0.05, 0) is 69.7 Å². The fourth-order valence-electron chi connectivity index (χ4n) is 2.26. The Kier molecular flexibility index (Phi) is 6.74. The van der Waals surface area contributed by atoms with Crippen molar-refractivity contribution >= 4 is 48.9 Å². The maximum Gasteiger partial charge on any atom is 0.0701 e. The molecule has 21 heavy (non-hydrogen) atoms. The van der Waals surface area contributed by atoms with Crippen LogP contribution < -0.4 is 10.2 Å². The van der Waals surface area contributed by atoms with Crippen molar-refractivity contribution in [2.75, 3.05) is 18.5 Å². The number of nitrogens with zero attached hydrogens (tertiary/aromatic N) is 1. The average Bonchev–Trinajstić information content (AvgIpc) is 2.84. The van der Waals surface area contributed by atoms with Crippen molar-refractivity contribution in [2.45, 2.75) is 26.4 Å². The van der Waals surface area contributed by atoms with Gasteiger partial charge in [0.25, 0.3) is 0 Å². The van der Waals surface area contributed by atoms with E-state index < -0.39 is 0 Å². The Morgan fingerprint density at radius 2 is 2.05 bits per heavy atom. The molecule has 5 heteroatoms. The molecule has 0 spiro atoms. The van der Waals surface area contributed by atoms with E-state index in [9.17, 15) is 0 Å². The van der Waals surface area contributed by atoms with Crippen LogP contribution in [0.25, 0.3) is 0 Å². The molecule has 2 rings (SSSR count). The third-order valence-corrected chi connectivity index (χ3v) is 5.28. The fraction of sp³-hybridized carbons (Fsp3) is 0.375. The Morgan fingerprint density at radius 1 is 1.24 bits per heavy atom. The Hall–Kier alpha value is -0.360. The van der Waals surface area contributed by atoms with Crippen LogP contribution in [0.5, 0.6) is 0 Å². The predicted molar refractivity (Wildman–Crippen MR) is 100 cm³/mol. The van der Waals surface area contributed by atoms with Crippen LogP contribution in [0.4, 0.5) is 5.69 Å². The Bertz CT molecular complexity index is 583. The molecule has 1 N–H and O–H groups in total. The van der Waals surface area contributed by atoms with E-state index in [0.29, 0.717) is 0 Å². The summed E-state index contributed by atoms with van der Waals surface area (Å²) in [6, 6.07) is 8.69. The first kappa shape index (κ1) is 17.0. The van der Waals surface area contributed by atoms with Crippen LogP contribution >= 0.6 is 43.2 Å². The number of thiophene rings is 1. The van der Waals surface area contributed by atoms with Crippen LogP contribution in [0.3, 0.4) is 0 Å². The molecule has 0 fully saturated rings. The zero-order chi connectivity index (χ0) is 15.2. The van der Waals surface area contributed by atoms with Gasteiger partial charge in [-0.1, -0.05) is 22.9 Å². The van der Waals surface area contributed by atoms with Gasteiger partial charge in [0.2, 0.25) is 0 Å². The van der Waals surface area contributed by atoms with Crippen LogP contribution in [0.15, 0.2) is 37.9 Å². The predicted octanol–water partition coefficient (Wildman–Crippen LogP) is 5.41. The second kappa shape index (κ2) is 8.32. The van der Waals surface area contributed by atoms with Crippen LogP contribution in [0.2, 0.25) is 0 Å². The summed E-state index contributed by atoms with van der Waals surface area (Å²) >= 11 is 8.84. The van der Waals surface area contributed by atoms with Gasteiger partial charge in [0, 0.05) is 30.3 Å². The first-order chi connectivity index (χ1) is 10.1. The molecule has 0 unspecified atom stereocenters. The number of halogens is 2. The number of anilines is 1. The molecule has 2 aromatic rings. The van der Waals surface area contributed by atoms with Gasteiger partial charge in [0.15, 0.2) is 0 Å². The highest BCUT2D eigenvalue weighted by Gasteiger charge is 2.09. The van der Waals surface area contributed by atoms with E-state index in [1.54, 1.807) is 11.3 Å². The van der Waals surface area contributed by atoms with E-state index in [4.69, 9.17) is 0 Å². The molecule has 0 radical (unpaired) electrons. The van der Waals surface area contributed by atoms with Crippen molar-refractivity contribution in [1.82, 2.24) is 5.32 Å². The van der Waals surface area contributed by atoms with Gasteiger partial charge in [0.05, 0.1) is 3.79 Å². The number of hydrogen-bond donors (Lipinski definition) is 1. The lowest BCUT2D eigenvalue weighted by Gasteiger charge is -2.22. The molecule has 0 bridgehead atoms. The maximum atomic E-state index is 3.57. The third-order valence-electron chi connectivity index (χ3n) is 3.24. The van der Waals surface area contributed by atoms with Crippen molar-refractivity contribution in [3.05, 3.63) is 49.0 Å². The van der Waals surface area contributed by atoms with Gasteiger partial charge in [0.1, 0.15) is 0 Å². The summed E-state index contributed by atoms with van der Waals surface area (Å²) in [6.45, 7) is 5.06. The molecular weight excluding hydrogens is 412 g/mol. The van der Waals surface area contributed by atoms with E-state index in [-0.39, 0.29) is 0 Å². The molecule has 0 saturated heterocycles. The lowest BCUT2D eigenvalue weighted by atomic mass is 10.1. The zero-order valence-electron chi connectivity index (χ0n) is 12.3. The minimum atomic E-state index is 0.903. The normalized spacial score (nSPS) is 10.9. The maximum absolute atomic E-state index is 3.57. The van der Waals surface area contributed by atoms with Gasteiger partial charge >= 0.3 is 0 Å². The summed E-state index contributed by atoms with van der Waals surface area (Å²) in [7, 11) is 2.15. The molecule has 0 aliphatic carbocycles. The Balaban J connectivity index is 2.12. The second-order valence-corrected chi connectivity index (χ2v) is 8.27. The van der Waals surface area contributed by atoms with Crippen molar-refractivity contribution in [1.29, 1.82) is 0 Å². The number of rotatable bonds is 7. The number of benzene rings is 1. The summed E-state index contributed by atoms with van der Waals surface area (Å²) in [5.74, 6) is 0. The summed E-state index contributed by atoms with van der Waals surface area (Å²) in [5.41, 5.74) is 3.95. The lowest BCUT2D eigenvalue weighted by molar-refractivity contribution is 0.673.